The summed E-state index contributed by atoms with van der Waals surface area (Å²) in [6.07, 6.45) is 2.13. The number of nitrogens with zero attached hydrogens (tertiary/aromatic N) is 1. The van der Waals surface area contributed by atoms with E-state index in [1.807, 2.05) is 121 Å². The van der Waals surface area contributed by atoms with E-state index in [-0.39, 0.29) is 30.6 Å². The molecule has 3 atom stereocenters. The Labute approximate surface area is 336 Å². The van der Waals surface area contributed by atoms with Gasteiger partial charge in [-0.15, -0.1) is 0 Å². The summed E-state index contributed by atoms with van der Waals surface area (Å²) in [7, 11) is 0. The van der Waals surface area contributed by atoms with Crippen LogP contribution in [0.5, 0.6) is 0 Å². The van der Waals surface area contributed by atoms with Gasteiger partial charge in [0, 0.05) is 47.4 Å². The lowest BCUT2D eigenvalue weighted by Crippen LogP contribution is -2.31. The Kier molecular flexibility index (Phi) is 13.5. The normalized spacial score (nSPS) is 16.5. The molecule has 0 saturated carbocycles. The lowest BCUT2D eigenvalue weighted by atomic mass is 10.0. The highest BCUT2D eigenvalue weighted by Gasteiger charge is 2.33. The van der Waals surface area contributed by atoms with Crippen LogP contribution in [0.1, 0.15) is 67.6 Å². The molecule has 3 unspecified atom stereocenters. The first-order valence-electron chi connectivity index (χ1n) is 19.2. The molecular formula is C46H46N4O6S. The number of benzene rings is 5. The van der Waals surface area contributed by atoms with Crippen molar-refractivity contribution in [3.63, 3.8) is 0 Å². The molecule has 5 N–H and O–H groups in total. The van der Waals surface area contributed by atoms with Crippen LogP contribution in [0.4, 0.5) is 17.1 Å². The molecular weight excluding hydrogens is 737 g/mol. The highest BCUT2D eigenvalue weighted by atomic mass is 32.2. The number of ether oxygens (including phenoxy) is 2. The third kappa shape index (κ3) is 10.8. The van der Waals surface area contributed by atoms with E-state index in [9.17, 15) is 14.7 Å². The Bertz CT molecular complexity index is 2170. The maximum Gasteiger partial charge on any atom is 0.256 e. The van der Waals surface area contributed by atoms with E-state index in [1.165, 1.54) is 11.8 Å². The second kappa shape index (κ2) is 19.4. The van der Waals surface area contributed by atoms with Crippen LogP contribution in [-0.2, 0) is 25.7 Å². The number of thioether (sulfide) groups is 1. The first kappa shape index (κ1) is 39.5. The Morgan fingerprint density at radius 2 is 1.42 bits per heavy atom. The predicted octanol–water partition coefficient (Wildman–Crippen LogP) is 9.95. The number of hydrogen-bond donors (Lipinski definition) is 4. The number of rotatable bonds is 16. The van der Waals surface area contributed by atoms with Crippen molar-refractivity contribution in [1.82, 2.24) is 4.98 Å². The number of aliphatic hydroxyl groups is 1. The number of unbranched alkanes of at least 4 members (excludes halogenated alkanes) is 2. The lowest BCUT2D eigenvalue weighted by Gasteiger charge is -2.36. The molecule has 1 aliphatic heterocycles. The van der Waals surface area contributed by atoms with Gasteiger partial charge in [-0.3, -0.25) is 9.59 Å². The Hall–Kier alpha value is -5.72. The zero-order chi connectivity index (χ0) is 39.4. The number of amides is 2. The van der Waals surface area contributed by atoms with Crippen molar-refractivity contribution < 1.29 is 28.6 Å². The number of nitrogens with one attached hydrogen (secondary N) is 2. The standard InChI is InChI=1S/C46H46N4O6S/c47-38-19-10-11-20-39(38)49-42(53)22-9-3-8-21-41(52)48-36-18-12-17-35(27-36)45-54-37(28-40(55-45)32-25-23-31(29-51)24-26-32)30-57-46-50-43(33-13-4-1-5-14-33)44(56-46)34-15-6-2-7-16-34/h1-2,4-7,10-20,23-27,37,40,45,51H,3,8-9,21-22,28-30,47H2,(H,48,52)(H,49,53). The van der Waals surface area contributed by atoms with Gasteiger partial charge in [-0.2, -0.15) is 0 Å². The first-order chi connectivity index (χ1) is 27.9. The number of oxazole rings is 1. The van der Waals surface area contributed by atoms with Crippen LogP contribution in [0.3, 0.4) is 0 Å². The fraction of sp³-hybridized carbons (Fsp3) is 0.239. The molecule has 0 bridgehead atoms. The molecule has 7 rings (SSSR count). The third-order valence-electron chi connectivity index (χ3n) is 9.68. The molecule has 292 valence electrons. The average molecular weight is 783 g/mol. The Morgan fingerprint density at radius 1 is 0.737 bits per heavy atom. The van der Waals surface area contributed by atoms with Crippen molar-refractivity contribution in [3.05, 3.63) is 150 Å². The maximum atomic E-state index is 12.9. The summed E-state index contributed by atoms with van der Waals surface area (Å²) in [5, 5.41) is 16.0. The van der Waals surface area contributed by atoms with Crippen molar-refractivity contribution in [2.75, 3.05) is 22.1 Å². The van der Waals surface area contributed by atoms with E-state index < -0.39 is 6.29 Å². The van der Waals surface area contributed by atoms with E-state index >= 15 is 0 Å². The second-order valence-corrected chi connectivity index (χ2v) is 14.9. The molecule has 1 fully saturated rings. The molecule has 2 amide bonds. The molecule has 0 spiro atoms. The molecule has 1 saturated heterocycles. The number of nitrogens with two attached hydrogens (primary N) is 1. The van der Waals surface area contributed by atoms with Crippen LogP contribution in [-0.4, -0.2) is 33.8 Å². The van der Waals surface area contributed by atoms with E-state index in [1.54, 1.807) is 12.1 Å². The monoisotopic (exact) mass is 782 g/mol. The van der Waals surface area contributed by atoms with Crippen molar-refractivity contribution in [1.29, 1.82) is 0 Å². The van der Waals surface area contributed by atoms with Gasteiger partial charge in [0.05, 0.1) is 30.2 Å². The predicted molar refractivity (Wildman–Crippen MR) is 224 cm³/mol. The first-order valence-corrected chi connectivity index (χ1v) is 20.2. The summed E-state index contributed by atoms with van der Waals surface area (Å²) in [4.78, 5) is 30.2. The Balaban J connectivity index is 0.989. The molecule has 6 aromatic rings. The molecule has 11 heteroatoms. The summed E-state index contributed by atoms with van der Waals surface area (Å²) in [6.45, 7) is -0.0384. The third-order valence-corrected chi connectivity index (χ3v) is 10.6. The number of anilines is 3. The van der Waals surface area contributed by atoms with Crippen LogP contribution in [0.2, 0.25) is 0 Å². The van der Waals surface area contributed by atoms with Crippen LogP contribution in [0.25, 0.3) is 22.6 Å². The summed E-state index contributed by atoms with van der Waals surface area (Å²) < 4.78 is 19.6. The summed E-state index contributed by atoms with van der Waals surface area (Å²) in [5.74, 6) is 1.07. The topological polar surface area (TPSA) is 149 Å². The largest absolute Gasteiger partial charge is 0.431 e. The minimum absolute atomic E-state index is 0.0384. The quantitative estimate of drug-likeness (QED) is 0.0428. The molecule has 0 radical (unpaired) electrons. The highest BCUT2D eigenvalue weighted by Crippen LogP contribution is 2.41. The van der Waals surface area contributed by atoms with Gasteiger partial charge in [0.2, 0.25) is 11.8 Å². The zero-order valence-corrected chi connectivity index (χ0v) is 32.3. The molecule has 5 aromatic carbocycles. The second-order valence-electron chi connectivity index (χ2n) is 13.9. The van der Waals surface area contributed by atoms with Gasteiger partial charge < -0.3 is 35.4 Å². The average Bonchev–Trinajstić information content (AvgIpc) is 3.69. The van der Waals surface area contributed by atoms with E-state index in [0.717, 1.165) is 39.9 Å². The maximum absolute atomic E-state index is 12.9. The Morgan fingerprint density at radius 3 is 2.14 bits per heavy atom. The van der Waals surface area contributed by atoms with Crippen LogP contribution >= 0.6 is 11.8 Å². The molecule has 1 aliphatic rings. The number of carbonyl (C=O) groups excluding carboxylic acids is 2. The van der Waals surface area contributed by atoms with Crippen LogP contribution < -0.4 is 16.4 Å². The van der Waals surface area contributed by atoms with E-state index in [2.05, 4.69) is 10.6 Å². The SMILES string of the molecule is Nc1ccccc1NC(=O)CCCCCC(=O)Nc1cccc(C2OC(CSc3nc(-c4ccccc4)c(-c4ccccc4)o3)CC(c3ccc(CO)cc3)O2)c1. The smallest absolute Gasteiger partial charge is 0.256 e. The summed E-state index contributed by atoms with van der Waals surface area (Å²) in [5.41, 5.74) is 13.0. The van der Waals surface area contributed by atoms with Crippen LogP contribution in [0.15, 0.2) is 143 Å². The number of carbonyl (C=O) groups is 2. The van der Waals surface area contributed by atoms with Crippen molar-refractivity contribution in [2.24, 2.45) is 0 Å². The van der Waals surface area contributed by atoms with Gasteiger partial charge in [-0.05, 0) is 48.2 Å². The number of nitrogen functional groups attached to an aromatic ring is 1. The number of aliphatic hydroxyl groups excluding tert-OH is 1. The summed E-state index contributed by atoms with van der Waals surface area (Å²) in [6, 6.07) is 42.5. The fourth-order valence-corrected chi connectivity index (χ4v) is 7.53. The van der Waals surface area contributed by atoms with Gasteiger partial charge in [0.25, 0.3) is 5.22 Å². The van der Waals surface area contributed by atoms with Crippen LogP contribution in [0, 0.1) is 0 Å². The van der Waals surface area contributed by atoms with Gasteiger partial charge in [-0.25, -0.2) is 4.98 Å². The number of hydrogen-bond acceptors (Lipinski definition) is 9. The number of aromatic nitrogens is 1. The lowest BCUT2D eigenvalue weighted by molar-refractivity contribution is -0.245. The summed E-state index contributed by atoms with van der Waals surface area (Å²) >= 11 is 1.50. The molecule has 0 aliphatic carbocycles. The van der Waals surface area contributed by atoms with Gasteiger partial charge in [0.1, 0.15) is 5.69 Å². The molecule has 10 nitrogen and oxygen atoms in total. The van der Waals surface area contributed by atoms with Gasteiger partial charge in [0.15, 0.2) is 12.1 Å². The minimum atomic E-state index is -0.703. The van der Waals surface area contributed by atoms with Crippen molar-refractivity contribution >= 4 is 40.6 Å². The zero-order valence-electron chi connectivity index (χ0n) is 31.5. The fourth-order valence-electron chi connectivity index (χ4n) is 6.68. The minimum Gasteiger partial charge on any atom is -0.431 e. The molecule has 2 heterocycles. The highest BCUT2D eigenvalue weighted by molar-refractivity contribution is 7.99. The van der Waals surface area contributed by atoms with Gasteiger partial charge >= 0.3 is 0 Å². The number of para-hydroxylation sites is 2. The molecule has 1 aromatic heterocycles. The van der Waals surface area contributed by atoms with Crippen molar-refractivity contribution in [3.8, 4) is 22.6 Å². The van der Waals surface area contributed by atoms with E-state index in [0.29, 0.717) is 65.9 Å². The molecule has 57 heavy (non-hydrogen) atoms. The van der Waals surface area contributed by atoms with Gasteiger partial charge in [-0.1, -0.05) is 127 Å². The van der Waals surface area contributed by atoms with E-state index in [4.69, 9.17) is 24.6 Å². The van der Waals surface area contributed by atoms with Crippen molar-refractivity contribution in [2.45, 2.75) is 68.9 Å².